The summed E-state index contributed by atoms with van der Waals surface area (Å²) in [5, 5.41) is 8.89. The number of aromatic nitrogens is 2. The van der Waals surface area contributed by atoms with Gasteiger partial charge in [-0.15, -0.1) is 0 Å². The fourth-order valence-corrected chi connectivity index (χ4v) is 1.69. The fourth-order valence-electron chi connectivity index (χ4n) is 1.69. The highest BCUT2D eigenvalue weighted by Gasteiger charge is 2.12. The van der Waals surface area contributed by atoms with Crippen molar-refractivity contribution in [2.45, 2.75) is 13.8 Å². The highest BCUT2D eigenvalue weighted by atomic mass is 19.1. The molecule has 1 aromatic heterocycles. The molecule has 0 atom stereocenters. The van der Waals surface area contributed by atoms with Crippen LogP contribution in [0, 0.1) is 31.0 Å². The monoisotopic (exact) mass is 242 g/mol. The van der Waals surface area contributed by atoms with Gasteiger partial charge in [-0.1, -0.05) is 6.07 Å². The summed E-state index contributed by atoms with van der Waals surface area (Å²) in [6.07, 6.45) is 0. The predicted molar refractivity (Wildman–Crippen MR) is 66.0 cm³/mol. The molecule has 0 saturated carbocycles. The number of nitriles is 1. The van der Waals surface area contributed by atoms with E-state index in [-0.39, 0.29) is 17.2 Å². The molecule has 0 radical (unpaired) electrons. The van der Waals surface area contributed by atoms with Crippen molar-refractivity contribution in [2.24, 2.45) is 0 Å². The summed E-state index contributed by atoms with van der Waals surface area (Å²) in [6, 6.07) is 6.33. The zero-order valence-corrected chi connectivity index (χ0v) is 10.0. The maximum atomic E-state index is 13.2. The van der Waals surface area contributed by atoms with Crippen molar-refractivity contribution in [2.75, 3.05) is 5.73 Å². The lowest BCUT2D eigenvalue weighted by atomic mass is 10.1. The number of nitrogens with zero attached hydrogens (tertiary/aromatic N) is 3. The van der Waals surface area contributed by atoms with Gasteiger partial charge in [-0.05, 0) is 31.5 Å². The van der Waals surface area contributed by atoms with Crippen LogP contribution in [0.25, 0.3) is 11.4 Å². The molecule has 0 amide bonds. The van der Waals surface area contributed by atoms with Gasteiger partial charge in [0.25, 0.3) is 0 Å². The van der Waals surface area contributed by atoms with E-state index in [0.717, 1.165) is 5.56 Å². The SMILES string of the molecule is Cc1ccc(F)cc1-c1nc(C)c(C#N)c(N)n1. The number of aryl methyl sites for hydroxylation is 2. The van der Waals surface area contributed by atoms with E-state index in [9.17, 15) is 4.39 Å². The minimum absolute atomic E-state index is 0.115. The summed E-state index contributed by atoms with van der Waals surface area (Å²) >= 11 is 0. The number of hydrogen-bond acceptors (Lipinski definition) is 4. The number of anilines is 1. The molecule has 5 heteroatoms. The Morgan fingerprint density at radius 3 is 2.61 bits per heavy atom. The molecule has 1 aromatic carbocycles. The van der Waals surface area contributed by atoms with Crippen LogP contribution in [-0.4, -0.2) is 9.97 Å². The number of halogens is 1. The van der Waals surface area contributed by atoms with Gasteiger partial charge in [0, 0.05) is 5.56 Å². The molecule has 0 unspecified atom stereocenters. The Morgan fingerprint density at radius 1 is 1.28 bits per heavy atom. The van der Waals surface area contributed by atoms with Crippen LogP contribution >= 0.6 is 0 Å². The molecule has 90 valence electrons. The molecule has 0 fully saturated rings. The van der Waals surface area contributed by atoms with Crippen molar-refractivity contribution in [3.63, 3.8) is 0 Å². The highest BCUT2D eigenvalue weighted by Crippen LogP contribution is 2.23. The number of benzene rings is 1. The lowest BCUT2D eigenvalue weighted by molar-refractivity contribution is 0.627. The standard InChI is InChI=1S/C13H11FN4/c1-7-3-4-9(14)5-10(7)13-17-8(2)11(6-15)12(16)18-13/h3-5H,1-2H3,(H2,16,17,18). The number of hydrogen-bond donors (Lipinski definition) is 1. The van der Waals surface area contributed by atoms with Crippen molar-refractivity contribution in [1.29, 1.82) is 5.26 Å². The molecule has 0 bridgehead atoms. The van der Waals surface area contributed by atoms with Crippen molar-refractivity contribution < 1.29 is 4.39 Å². The molecule has 0 spiro atoms. The van der Waals surface area contributed by atoms with Crippen molar-refractivity contribution in [3.05, 3.63) is 40.8 Å². The van der Waals surface area contributed by atoms with Crippen LogP contribution in [-0.2, 0) is 0 Å². The van der Waals surface area contributed by atoms with Gasteiger partial charge in [0.2, 0.25) is 0 Å². The average Bonchev–Trinajstić information content (AvgIpc) is 2.32. The van der Waals surface area contributed by atoms with E-state index in [1.807, 2.05) is 13.0 Å². The maximum absolute atomic E-state index is 13.2. The van der Waals surface area contributed by atoms with Crippen LogP contribution in [0.3, 0.4) is 0 Å². The molecule has 1 heterocycles. The molecule has 0 aliphatic heterocycles. The summed E-state index contributed by atoms with van der Waals surface area (Å²) in [4.78, 5) is 8.25. The second-order valence-corrected chi connectivity index (χ2v) is 3.96. The lowest BCUT2D eigenvalue weighted by Gasteiger charge is -2.08. The van der Waals surface area contributed by atoms with Crippen LogP contribution in [0.15, 0.2) is 18.2 Å². The first-order valence-corrected chi connectivity index (χ1v) is 5.33. The molecular weight excluding hydrogens is 231 g/mol. The minimum Gasteiger partial charge on any atom is -0.382 e. The Kier molecular flexibility index (Phi) is 2.94. The molecular formula is C13H11FN4. The molecule has 0 aliphatic rings. The van der Waals surface area contributed by atoms with E-state index in [2.05, 4.69) is 9.97 Å². The third-order valence-corrected chi connectivity index (χ3v) is 2.67. The average molecular weight is 242 g/mol. The highest BCUT2D eigenvalue weighted by molar-refractivity contribution is 5.64. The van der Waals surface area contributed by atoms with E-state index < -0.39 is 0 Å². The first kappa shape index (κ1) is 12.0. The molecule has 0 aliphatic carbocycles. The molecule has 4 nitrogen and oxygen atoms in total. The third kappa shape index (κ3) is 2.00. The topological polar surface area (TPSA) is 75.6 Å². The Morgan fingerprint density at radius 2 is 2.00 bits per heavy atom. The van der Waals surface area contributed by atoms with Crippen molar-refractivity contribution in [1.82, 2.24) is 9.97 Å². The largest absolute Gasteiger partial charge is 0.382 e. The second-order valence-electron chi connectivity index (χ2n) is 3.96. The van der Waals surface area contributed by atoms with E-state index in [0.29, 0.717) is 17.1 Å². The van der Waals surface area contributed by atoms with Crippen molar-refractivity contribution in [3.8, 4) is 17.5 Å². The zero-order chi connectivity index (χ0) is 13.3. The van der Waals surface area contributed by atoms with Crippen LogP contribution in [0.5, 0.6) is 0 Å². The van der Waals surface area contributed by atoms with Gasteiger partial charge < -0.3 is 5.73 Å². The second kappa shape index (κ2) is 4.41. The normalized spacial score (nSPS) is 10.1. The molecule has 18 heavy (non-hydrogen) atoms. The van der Waals surface area contributed by atoms with Gasteiger partial charge in [-0.2, -0.15) is 5.26 Å². The van der Waals surface area contributed by atoms with Crippen LogP contribution in [0.4, 0.5) is 10.2 Å². The number of nitrogens with two attached hydrogens (primary N) is 1. The number of rotatable bonds is 1. The van der Waals surface area contributed by atoms with Gasteiger partial charge in [-0.25, -0.2) is 14.4 Å². The zero-order valence-electron chi connectivity index (χ0n) is 10.0. The Labute approximate surface area is 104 Å². The van der Waals surface area contributed by atoms with E-state index in [1.54, 1.807) is 13.0 Å². The summed E-state index contributed by atoms with van der Waals surface area (Å²) < 4.78 is 13.2. The van der Waals surface area contributed by atoms with Gasteiger partial charge in [0.1, 0.15) is 23.3 Å². The predicted octanol–water partition coefficient (Wildman–Crippen LogP) is 2.35. The quantitative estimate of drug-likeness (QED) is 0.832. The summed E-state index contributed by atoms with van der Waals surface area (Å²) in [7, 11) is 0. The van der Waals surface area contributed by atoms with E-state index in [1.165, 1.54) is 12.1 Å². The minimum atomic E-state index is -0.361. The van der Waals surface area contributed by atoms with Gasteiger partial charge >= 0.3 is 0 Å². The summed E-state index contributed by atoms with van der Waals surface area (Å²) in [5.41, 5.74) is 7.86. The van der Waals surface area contributed by atoms with E-state index >= 15 is 0 Å². The van der Waals surface area contributed by atoms with Gasteiger partial charge in [-0.3, -0.25) is 0 Å². The van der Waals surface area contributed by atoms with Crippen LogP contribution in [0.1, 0.15) is 16.8 Å². The van der Waals surface area contributed by atoms with Crippen LogP contribution in [0.2, 0.25) is 0 Å². The maximum Gasteiger partial charge on any atom is 0.162 e. The lowest BCUT2D eigenvalue weighted by Crippen LogP contribution is -2.03. The first-order chi connectivity index (χ1) is 8.52. The Hall–Kier alpha value is -2.48. The molecule has 2 N–H and O–H groups in total. The van der Waals surface area contributed by atoms with Gasteiger partial charge in [0.05, 0.1) is 5.69 Å². The molecule has 2 rings (SSSR count). The summed E-state index contributed by atoms with van der Waals surface area (Å²) in [5.74, 6) is 0.0874. The Balaban J connectivity index is 2.66. The number of nitrogen functional groups attached to an aromatic ring is 1. The van der Waals surface area contributed by atoms with Crippen molar-refractivity contribution >= 4 is 5.82 Å². The smallest absolute Gasteiger partial charge is 0.162 e. The molecule has 0 saturated heterocycles. The fraction of sp³-hybridized carbons (Fsp3) is 0.154. The summed E-state index contributed by atoms with van der Waals surface area (Å²) in [6.45, 7) is 3.51. The first-order valence-electron chi connectivity index (χ1n) is 5.33. The van der Waals surface area contributed by atoms with E-state index in [4.69, 9.17) is 11.0 Å². The van der Waals surface area contributed by atoms with Crippen LogP contribution < -0.4 is 5.73 Å². The third-order valence-electron chi connectivity index (χ3n) is 2.67. The van der Waals surface area contributed by atoms with Gasteiger partial charge in [0.15, 0.2) is 5.82 Å². The Bertz CT molecular complexity index is 636. The molecule has 2 aromatic rings.